The van der Waals surface area contributed by atoms with Gasteiger partial charge in [-0.3, -0.25) is 9.80 Å². The molecule has 1 fully saturated rings. The molecule has 5 rings (SSSR count). The number of H-pyrrole nitrogens is 1. The molecule has 1 aliphatic rings. The highest BCUT2D eigenvalue weighted by molar-refractivity contribution is 5.60. The topological polar surface area (TPSA) is 35.2 Å². The van der Waals surface area contributed by atoms with Crippen molar-refractivity contribution in [1.82, 2.24) is 19.8 Å². The Morgan fingerprint density at radius 3 is 1.84 bits per heavy atom. The summed E-state index contributed by atoms with van der Waals surface area (Å²) in [5, 5.41) is 0. The van der Waals surface area contributed by atoms with Gasteiger partial charge in [-0.1, -0.05) is 106 Å². The molecule has 1 aromatic heterocycles. The van der Waals surface area contributed by atoms with Crippen LogP contribution in [-0.2, 0) is 6.42 Å². The van der Waals surface area contributed by atoms with Crippen LogP contribution in [0.2, 0.25) is 0 Å². The Balaban J connectivity index is 1.40. The van der Waals surface area contributed by atoms with E-state index in [1.54, 1.807) is 0 Å². The van der Waals surface area contributed by atoms with Gasteiger partial charge in [0.25, 0.3) is 0 Å². The Hall–Kier alpha value is -3.21. The third-order valence-electron chi connectivity index (χ3n) is 7.81. The van der Waals surface area contributed by atoms with Crippen molar-refractivity contribution in [2.24, 2.45) is 5.92 Å². The van der Waals surface area contributed by atoms with Crippen LogP contribution in [-0.4, -0.2) is 45.9 Å². The van der Waals surface area contributed by atoms with Gasteiger partial charge in [-0.15, -0.1) is 0 Å². The molecule has 0 spiro atoms. The maximum Gasteiger partial charge on any atom is 0.138 e. The summed E-state index contributed by atoms with van der Waals surface area (Å²) in [5.41, 5.74) is 7.69. The van der Waals surface area contributed by atoms with E-state index >= 15 is 0 Å². The number of benzene rings is 3. The molecule has 4 aromatic rings. The molecule has 0 aliphatic carbocycles. The van der Waals surface area contributed by atoms with Crippen molar-refractivity contribution >= 4 is 0 Å². The molecule has 3 aromatic carbocycles. The predicted molar refractivity (Wildman–Crippen MR) is 154 cm³/mol. The van der Waals surface area contributed by atoms with Crippen molar-refractivity contribution in [2.45, 2.75) is 46.2 Å². The van der Waals surface area contributed by atoms with Crippen LogP contribution in [0.1, 0.15) is 60.9 Å². The van der Waals surface area contributed by atoms with Gasteiger partial charge in [0.15, 0.2) is 0 Å². The first-order chi connectivity index (χ1) is 18.1. The summed E-state index contributed by atoms with van der Waals surface area (Å²) in [6.45, 7) is 13.2. The van der Waals surface area contributed by atoms with Crippen molar-refractivity contribution in [3.63, 3.8) is 0 Å². The molecule has 0 amide bonds. The van der Waals surface area contributed by atoms with Crippen LogP contribution in [0, 0.1) is 12.8 Å². The average molecular weight is 493 g/mol. The average Bonchev–Trinajstić information content (AvgIpc) is 3.34. The Morgan fingerprint density at radius 2 is 1.30 bits per heavy atom. The highest BCUT2D eigenvalue weighted by Crippen LogP contribution is 2.35. The summed E-state index contributed by atoms with van der Waals surface area (Å²) in [7, 11) is 0. The molecule has 1 aliphatic heterocycles. The Kier molecular flexibility index (Phi) is 7.87. The van der Waals surface area contributed by atoms with Gasteiger partial charge in [0.2, 0.25) is 0 Å². The Labute approximate surface area is 222 Å². The lowest BCUT2D eigenvalue weighted by Gasteiger charge is -2.43. The lowest BCUT2D eigenvalue weighted by molar-refractivity contribution is 0.0598. The second kappa shape index (κ2) is 11.5. The SMILES string of the molecule is CCc1[nH]c(-c2ccccc2C)nc1C(C(C)C)N1CCN(C(c2ccccc2)c2ccccc2)CC1. The number of nitrogens with zero attached hydrogens (tertiary/aromatic N) is 3. The molecule has 4 heteroatoms. The summed E-state index contributed by atoms with van der Waals surface area (Å²) >= 11 is 0. The maximum atomic E-state index is 5.25. The third kappa shape index (κ3) is 5.41. The first-order valence-corrected chi connectivity index (χ1v) is 13.8. The molecule has 4 nitrogen and oxygen atoms in total. The standard InChI is InChI=1S/C33H40N4/c1-5-29-30(35-33(34-29)28-19-13-12-14-25(28)4)31(24(2)3)36-20-22-37(23-21-36)32(26-15-8-6-9-16-26)27-17-10-7-11-18-27/h6-19,24,31-32H,5,20-23H2,1-4H3,(H,34,35). The van der Waals surface area contributed by atoms with Gasteiger partial charge in [0.1, 0.15) is 5.82 Å². The molecule has 1 atom stereocenters. The van der Waals surface area contributed by atoms with E-state index in [0.717, 1.165) is 38.4 Å². The first-order valence-electron chi connectivity index (χ1n) is 13.8. The fourth-order valence-corrected chi connectivity index (χ4v) is 5.97. The number of imidazole rings is 1. The number of aromatic nitrogens is 2. The molecule has 0 bridgehead atoms. The molecule has 1 unspecified atom stereocenters. The molecule has 1 N–H and O–H groups in total. The van der Waals surface area contributed by atoms with Gasteiger partial charge < -0.3 is 4.98 Å². The second-order valence-corrected chi connectivity index (χ2v) is 10.6. The fraction of sp³-hybridized carbons (Fsp3) is 0.364. The monoisotopic (exact) mass is 492 g/mol. The minimum absolute atomic E-state index is 0.284. The van der Waals surface area contributed by atoms with Crippen LogP contribution >= 0.6 is 0 Å². The first kappa shape index (κ1) is 25.4. The van der Waals surface area contributed by atoms with E-state index in [0.29, 0.717) is 12.0 Å². The van der Waals surface area contributed by atoms with E-state index in [-0.39, 0.29) is 6.04 Å². The lowest BCUT2D eigenvalue weighted by Crippen LogP contribution is -2.50. The van der Waals surface area contributed by atoms with E-state index < -0.39 is 0 Å². The summed E-state index contributed by atoms with van der Waals surface area (Å²) < 4.78 is 0. The van der Waals surface area contributed by atoms with E-state index in [9.17, 15) is 0 Å². The van der Waals surface area contributed by atoms with Gasteiger partial charge in [0, 0.05) is 37.4 Å². The zero-order valence-corrected chi connectivity index (χ0v) is 22.7. The molecular formula is C33H40N4. The van der Waals surface area contributed by atoms with Crippen LogP contribution < -0.4 is 0 Å². The van der Waals surface area contributed by atoms with Crippen LogP contribution in [0.3, 0.4) is 0 Å². The van der Waals surface area contributed by atoms with E-state index in [2.05, 4.69) is 127 Å². The molecule has 2 heterocycles. The number of hydrogen-bond donors (Lipinski definition) is 1. The third-order valence-corrected chi connectivity index (χ3v) is 7.81. The summed E-state index contributed by atoms with van der Waals surface area (Å²) in [4.78, 5) is 14.3. The predicted octanol–water partition coefficient (Wildman–Crippen LogP) is 7.05. The molecule has 192 valence electrons. The molecular weight excluding hydrogens is 452 g/mol. The quantitative estimate of drug-likeness (QED) is 0.286. The highest BCUT2D eigenvalue weighted by atomic mass is 15.3. The zero-order valence-electron chi connectivity index (χ0n) is 22.7. The smallest absolute Gasteiger partial charge is 0.138 e. The normalized spacial score (nSPS) is 15.9. The van der Waals surface area contributed by atoms with E-state index in [1.807, 2.05) is 0 Å². The van der Waals surface area contributed by atoms with Crippen LogP contribution in [0.25, 0.3) is 11.4 Å². The van der Waals surface area contributed by atoms with Crippen molar-refractivity contribution in [3.8, 4) is 11.4 Å². The number of aryl methyl sites for hydroxylation is 2. The summed E-state index contributed by atoms with van der Waals surface area (Å²) in [6.07, 6.45) is 0.960. The maximum absolute atomic E-state index is 5.25. The van der Waals surface area contributed by atoms with Crippen LogP contribution in [0.15, 0.2) is 84.9 Å². The van der Waals surface area contributed by atoms with Gasteiger partial charge >= 0.3 is 0 Å². The van der Waals surface area contributed by atoms with Crippen molar-refractivity contribution in [3.05, 3.63) is 113 Å². The largest absolute Gasteiger partial charge is 0.342 e. The Bertz CT molecular complexity index is 1230. The molecule has 1 saturated heterocycles. The van der Waals surface area contributed by atoms with Crippen molar-refractivity contribution in [1.29, 1.82) is 0 Å². The van der Waals surface area contributed by atoms with Gasteiger partial charge in [0.05, 0.1) is 17.8 Å². The second-order valence-electron chi connectivity index (χ2n) is 10.6. The molecule has 37 heavy (non-hydrogen) atoms. The Morgan fingerprint density at radius 1 is 0.757 bits per heavy atom. The van der Waals surface area contributed by atoms with E-state index in [1.165, 1.54) is 33.6 Å². The number of aromatic amines is 1. The zero-order chi connectivity index (χ0) is 25.8. The summed E-state index contributed by atoms with van der Waals surface area (Å²) in [6, 6.07) is 31.1. The van der Waals surface area contributed by atoms with Crippen LogP contribution in [0.5, 0.6) is 0 Å². The van der Waals surface area contributed by atoms with Gasteiger partial charge in [-0.2, -0.15) is 0 Å². The minimum Gasteiger partial charge on any atom is -0.342 e. The summed E-state index contributed by atoms with van der Waals surface area (Å²) in [5.74, 6) is 1.48. The lowest BCUT2D eigenvalue weighted by atomic mass is 9.94. The molecule has 0 radical (unpaired) electrons. The highest BCUT2D eigenvalue weighted by Gasteiger charge is 2.33. The number of piperazine rings is 1. The molecule has 0 saturated carbocycles. The fourth-order valence-electron chi connectivity index (χ4n) is 5.97. The number of hydrogen-bond acceptors (Lipinski definition) is 3. The van der Waals surface area contributed by atoms with Crippen molar-refractivity contribution in [2.75, 3.05) is 26.2 Å². The number of rotatable bonds is 8. The van der Waals surface area contributed by atoms with Crippen LogP contribution in [0.4, 0.5) is 0 Å². The van der Waals surface area contributed by atoms with E-state index in [4.69, 9.17) is 4.98 Å². The minimum atomic E-state index is 0.284. The van der Waals surface area contributed by atoms with Gasteiger partial charge in [-0.05, 0) is 36.0 Å². The van der Waals surface area contributed by atoms with Crippen molar-refractivity contribution < 1.29 is 0 Å². The van der Waals surface area contributed by atoms with Gasteiger partial charge in [-0.25, -0.2) is 4.98 Å². The number of nitrogens with one attached hydrogen (secondary N) is 1.